The Hall–Kier alpha value is -1.51. The number of hydrogen-bond acceptors (Lipinski definition) is 4. The van der Waals surface area contributed by atoms with E-state index in [-0.39, 0.29) is 23.9 Å². The molecule has 6 nitrogen and oxygen atoms in total. The first kappa shape index (κ1) is 16.9. The lowest BCUT2D eigenvalue weighted by Gasteiger charge is -2.38. The molecule has 0 unspecified atom stereocenters. The first-order chi connectivity index (χ1) is 10.2. The fourth-order valence-electron chi connectivity index (χ4n) is 2.67. The zero-order chi connectivity index (χ0) is 16.5. The fourth-order valence-corrected chi connectivity index (χ4v) is 4.31. The van der Waals surface area contributed by atoms with Crippen molar-refractivity contribution < 1.29 is 22.7 Å². The van der Waals surface area contributed by atoms with Gasteiger partial charge in [-0.15, -0.1) is 0 Å². The van der Waals surface area contributed by atoms with Crippen molar-refractivity contribution in [1.29, 1.82) is 0 Å². The first-order valence-corrected chi connectivity index (χ1v) is 8.34. The quantitative estimate of drug-likeness (QED) is 0.891. The minimum absolute atomic E-state index is 0.0000551. The van der Waals surface area contributed by atoms with E-state index in [0.717, 1.165) is 16.4 Å². The summed E-state index contributed by atoms with van der Waals surface area (Å²) in [5.41, 5.74) is 0. The Morgan fingerprint density at radius 1 is 1.41 bits per heavy atom. The van der Waals surface area contributed by atoms with Crippen LogP contribution >= 0.6 is 0 Å². The zero-order valence-corrected chi connectivity index (χ0v) is 13.3. The van der Waals surface area contributed by atoms with E-state index in [4.69, 9.17) is 0 Å². The van der Waals surface area contributed by atoms with Gasteiger partial charge in [-0.25, -0.2) is 12.8 Å². The van der Waals surface area contributed by atoms with E-state index < -0.39 is 27.9 Å². The smallest absolute Gasteiger partial charge is 0.322 e. The van der Waals surface area contributed by atoms with Gasteiger partial charge in [0.05, 0.1) is 4.90 Å². The number of sulfonamides is 1. The summed E-state index contributed by atoms with van der Waals surface area (Å²) in [4.78, 5) is 13.1. The number of carboxylic acids is 1. The van der Waals surface area contributed by atoms with Crippen LogP contribution in [-0.2, 0) is 14.8 Å². The van der Waals surface area contributed by atoms with Crippen LogP contribution in [0, 0.1) is 5.82 Å². The minimum atomic E-state index is -4.03. The van der Waals surface area contributed by atoms with Gasteiger partial charge in [-0.3, -0.25) is 4.79 Å². The van der Waals surface area contributed by atoms with E-state index in [1.807, 2.05) is 19.0 Å². The number of carbonyl (C=O) groups is 1. The van der Waals surface area contributed by atoms with Crippen molar-refractivity contribution in [3.63, 3.8) is 0 Å². The van der Waals surface area contributed by atoms with Crippen molar-refractivity contribution in [2.75, 3.05) is 20.6 Å². The maximum Gasteiger partial charge on any atom is 0.322 e. The molecule has 2 rings (SSSR count). The highest BCUT2D eigenvalue weighted by molar-refractivity contribution is 7.89. The summed E-state index contributed by atoms with van der Waals surface area (Å²) in [5.74, 6) is -1.86. The van der Waals surface area contributed by atoms with Gasteiger partial charge in [0.25, 0.3) is 0 Å². The largest absolute Gasteiger partial charge is 0.480 e. The summed E-state index contributed by atoms with van der Waals surface area (Å²) in [7, 11) is -0.367. The van der Waals surface area contributed by atoms with Crippen LogP contribution in [0.1, 0.15) is 12.8 Å². The Morgan fingerprint density at radius 3 is 2.64 bits per heavy atom. The third-order valence-electron chi connectivity index (χ3n) is 3.94. The van der Waals surface area contributed by atoms with Crippen LogP contribution in [0.2, 0.25) is 0 Å². The SMILES string of the molecule is CN(C)[C@@H]1CCN(S(=O)(=O)c2cccc(F)c2)[C@@H](C(=O)O)C1. The number of nitrogens with zero attached hydrogens (tertiary/aromatic N) is 2. The Labute approximate surface area is 129 Å². The lowest BCUT2D eigenvalue weighted by Crippen LogP contribution is -2.53. The maximum absolute atomic E-state index is 13.3. The number of carboxylic acid groups (broad SMARTS) is 1. The van der Waals surface area contributed by atoms with Crippen molar-refractivity contribution >= 4 is 16.0 Å². The number of halogens is 1. The average molecular weight is 330 g/mol. The summed E-state index contributed by atoms with van der Waals surface area (Å²) < 4.78 is 39.5. The molecule has 0 bridgehead atoms. The molecule has 1 aromatic carbocycles. The lowest BCUT2D eigenvalue weighted by atomic mass is 9.99. The van der Waals surface area contributed by atoms with Crippen molar-refractivity contribution in [3.8, 4) is 0 Å². The normalized spacial score (nSPS) is 23.6. The molecule has 0 spiro atoms. The van der Waals surface area contributed by atoms with Gasteiger partial charge in [0.1, 0.15) is 11.9 Å². The molecule has 1 heterocycles. The molecule has 2 atom stereocenters. The molecule has 1 aromatic rings. The summed E-state index contributed by atoms with van der Waals surface area (Å²) in [6.07, 6.45) is 0.738. The van der Waals surface area contributed by atoms with Gasteiger partial charge >= 0.3 is 5.97 Å². The van der Waals surface area contributed by atoms with Crippen LogP contribution in [0.5, 0.6) is 0 Å². The third-order valence-corrected chi connectivity index (χ3v) is 5.85. The highest BCUT2D eigenvalue weighted by Crippen LogP contribution is 2.27. The molecule has 22 heavy (non-hydrogen) atoms. The number of benzene rings is 1. The van der Waals surface area contributed by atoms with Crippen LogP contribution in [0.15, 0.2) is 29.2 Å². The Morgan fingerprint density at radius 2 is 2.09 bits per heavy atom. The molecule has 1 fully saturated rings. The third kappa shape index (κ3) is 3.29. The Kier molecular flexibility index (Phi) is 4.84. The number of aliphatic carboxylic acids is 1. The number of piperidine rings is 1. The van der Waals surface area contributed by atoms with Gasteiger partial charge in [-0.2, -0.15) is 4.31 Å². The molecule has 0 aromatic heterocycles. The maximum atomic E-state index is 13.3. The van der Waals surface area contributed by atoms with Crippen molar-refractivity contribution in [3.05, 3.63) is 30.1 Å². The summed E-state index contributed by atoms with van der Waals surface area (Å²) in [6, 6.07) is 3.48. The van der Waals surface area contributed by atoms with E-state index >= 15 is 0 Å². The lowest BCUT2D eigenvalue weighted by molar-refractivity contribution is -0.143. The molecule has 0 radical (unpaired) electrons. The molecule has 0 saturated carbocycles. The second-order valence-electron chi connectivity index (χ2n) is 5.57. The average Bonchev–Trinajstić information content (AvgIpc) is 2.46. The molecule has 1 aliphatic rings. The van der Waals surface area contributed by atoms with E-state index in [1.54, 1.807) is 0 Å². The highest BCUT2D eigenvalue weighted by Gasteiger charge is 2.41. The van der Waals surface area contributed by atoms with Crippen LogP contribution in [-0.4, -0.2) is 61.4 Å². The number of rotatable bonds is 4. The topological polar surface area (TPSA) is 77.9 Å². The molecular formula is C14H19FN2O4S. The van der Waals surface area contributed by atoms with E-state index in [2.05, 4.69) is 0 Å². The Balaban J connectivity index is 2.35. The van der Waals surface area contributed by atoms with Crippen molar-refractivity contribution in [1.82, 2.24) is 9.21 Å². The van der Waals surface area contributed by atoms with E-state index in [1.165, 1.54) is 12.1 Å². The first-order valence-electron chi connectivity index (χ1n) is 6.90. The van der Waals surface area contributed by atoms with E-state index in [9.17, 15) is 22.7 Å². The van der Waals surface area contributed by atoms with Gasteiger partial charge in [0, 0.05) is 12.6 Å². The summed E-state index contributed by atoms with van der Waals surface area (Å²) >= 11 is 0. The monoisotopic (exact) mass is 330 g/mol. The fraction of sp³-hybridized carbons (Fsp3) is 0.500. The summed E-state index contributed by atoms with van der Waals surface area (Å²) in [6.45, 7) is 0.0959. The van der Waals surface area contributed by atoms with Gasteiger partial charge in [0.2, 0.25) is 10.0 Å². The molecule has 1 N–H and O–H groups in total. The molecule has 0 aliphatic carbocycles. The zero-order valence-electron chi connectivity index (χ0n) is 12.4. The minimum Gasteiger partial charge on any atom is -0.480 e. The van der Waals surface area contributed by atoms with E-state index in [0.29, 0.717) is 6.42 Å². The van der Waals surface area contributed by atoms with Gasteiger partial charge in [0.15, 0.2) is 0 Å². The van der Waals surface area contributed by atoms with Crippen molar-refractivity contribution in [2.45, 2.75) is 29.8 Å². The predicted octanol–water partition coefficient (Wildman–Crippen LogP) is 0.994. The van der Waals surface area contributed by atoms with Gasteiger partial charge < -0.3 is 10.0 Å². The van der Waals surface area contributed by atoms with Crippen LogP contribution in [0.25, 0.3) is 0 Å². The molecular weight excluding hydrogens is 311 g/mol. The second kappa shape index (κ2) is 6.31. The molecule has 0 amide bonds. The van der Waals surface area contributed by atoms with Crippen LogP contribution < -0.4 is 0 Å². The number of hydrogen-bond donors (Lipinski definition) is 1. The summed E-state index contributed by atoms with van der Waals surface area (Å²) in [5, 5.41) is 9.37. The molecule has 1 aliphatic heterocycles. The molecule has 8 heteroatoms. The highest BCUT2D eigenvalue weighted by atomic mass is 32.2. The predicted molar refractivity (Wildman–Crippen MR) is 78.4 cm³/mol. The molecule has 122 valence electrons. The Bertz CT molecular complexity index is 663. The standard InChI is InChI=1S/C14H19FN2O4S/c1-16(2)11-6-7-17(13(9-11)14(18)19)22(20,21)12-5-3-4-10(15)8-12/h3-5,8,11,13H,6-7,9H2,1-2H3,(H,18,19)/t11-,13-/m1/s1. The second-order valence-corrected chi connectivity index (χ2v) is 7.46. The van der Waals surface area contributed by atoms with Crippen LogP contribution in [0.4, 0.5) is 4.39 Å². The van der Waals surface area contributed by atoms with Crippen LogP contribution in [0.3, 0.4) is 0 Å². The van der Waals surface area contributed by atoms with Gasteiger partial charge in [-0.1, -0.05) is 6.07 Å². The van der Waals surface area contributed by atoms with Gasteiger partial charge in [-0.05, 0) is 45.1 Å². The molecule has 1 saturated heterocycles. The van der Waals surface area contributed by atoms with Crippen molar-refractivity contribution in [2.24, 2.45) is 0 Å².